The van der Waals surface area contributed by atoms with Gasteiger partial charge in [-0.15, -0.1) is 0 Å². The number of hydrogen-bond donors (Lipinski definition) is 1. The molecule has 0 amide bonds. The molecular weight excluding hydrogens is 316 g/mol. The molecule has 1 aliphatic rings. The van der Waals surface area contributed by atoms with Gasteiger partial charge in [-0.2, -0.15) is 0 Å². The van der Waals surface area contributed by atoms with Crippen molar-refractivity contribution >= 4 is 16.7 Å². The minimum absolute atomic E-state index is 0.362. The first kappa shape index (κ1) is 15.9. The van der Waals surface area contributed by atoms with E-state index in [0.29, 0.717) is 32.2 Å². The molecule has 1 saturated heterocycles. The number of aromatic nitrogens is 3. The predicted octanol–water partition coefficient (Wildman–Crippen LogP) is 2.91. The molecule has 0 saturated carbocycles. The van der Waals surface area contributed by atoms with E-state index in [0.717, 1.165) is 22.3 Å². The minimum Gasteiger partial charge on any atom is -0.376 e. The quantitative estimate of drug-likeness (QED) is 0.790. The summed E-state index contributed by atoms with van der Waals surface area (Å²) in [4.78, 5) is 13.6. The summed E-state index contributed by atoms with van der Waals surface area (Å²) in [6, 6.07) is 11.8. The zero-order chi connectivity index (χ0) is 17.1. The van der Waals surface area contributed by atoms with Gasteiger partial charge in [0.15, 0.2) is 5.82 Å². The van der Waals surface area contributed by atoms with Crippen LogP contribution in [0.4, 0.5) is 5.82 Å². The maximum Gasteiger partial charge on any atom is 0.163 e. The molecule has 25 heavy (non-hydrogen) atoms. The van der Waals surface area contributed by atoms with Crippen molar-refractivity contribution in [1.29, 1.82) is 0 Å². The second-order valence-corrected chi connectivity index (χ2v) is 6.36. The maximum atomic E-state index is 5.87. The van der Waals surface area contributed by atoms with Gasteiger partial charge in [-0.1, -0.05) is 12.1 Å². The topological polar surface area (TPSA) is 69.2 Å². The van der Waals surface area contributed by atoms with Crippen LogP contribution in [0.5, 0.6) is 0 Å². The molecule has 1 N–H and O–H groups in total. The number of fused-ring (bicyclic) bond motifs is 1. The van der Waals surface area contributed by atoms with Crippen LogP contribution in [-0.2, 0) is 9.47 Å². The van der Waals surface area contributed by atoms with Crippen molar-refractivity contribution in [2.45, 2.75) is 12.5 Å². The molecule has 1 aliphatic heterocycles. The Hall–Kier alpha value is -2.57. The predicted molar refractivity (Wildman–Crippen MR) is 96.4 cm³/mol. The summed E-state index contributed by atoms with van der Waals surface area (Å²) < 4.78 is 11.4. The van der Waals surface area contributed by atoms with Gasteiger partial charge in [0.25, 0.3) is 0 Å². The number of nitrogens with one attached hydrogen (secondary N) is 1. The van der Waals surface area contributed by atoms with E-state index in [1.165, 1.54) is 0 Å². The fourth-order valence-electron chi connectivity index (χ4n) is 2.88. The third kappa shape index (κ3) is 3.45. The Labute approximate surface area is 146 Å². The van der Waals surface area contributed by atoms with Crippen LogP contribution in [0.1, 0.15) is 6.92 Å². The van der Waals surface area contributed by atoms with E-state index >= 15 is 0 Å². The summed E-state index contributed by atoms with van der Waals surface area (Å²) in [6.45, 7) is 4.49. The molecule has 0 bridgehead atoms. The van der Waals surface area contributed by atoms with Gasteiger partial charge in [-0.3, -0.25) is 4.98 Å². The maximum absolute atomic E-state index is 5.87. The van der Waals surface area contributed by atoms with Gasteiger partial charge >= 0.3 is 0 Å². The van der Waals surface area contributed by atoms with Crippen molar-refractivity contribution in [3.05, 3.63) is 48.8 Å². The van der Waals surface area contributed by atoms with Gasteiger partial charge in [0.1, 0.15) is 11.4 Å². The highest BCUT2D eigenvalue weighted by Gasteiger charge is 2.29. The molecule has 0 radical (unpaired) electrons. The highest BCUT2D eigenvalue weighted by molar-refractivity contribution is 5.90. The molecule has 6 heteroatoms. The Morgan fingerprint density at radius 2 is 2.04 bits per heavy atom. The number of ether oxygens (including phenoxy) is 2. The van der Waals surface area contributed by atoms with Crippen LogP contribution in [0, 0.1) is 0 Å². The highest BCUT2D eigenvalue weighted by atomic mass is 16.6. The molecule has 2 aromatic heterocycles. The van der Waals surface area contributed by atoms with Crippen molar-refractivity contribution in [2.75, 3.05) is 31.7 Å². The molecule has 6 nitrogen and oxygen atoms in total. The van der Waals surface area contributed by atoms with Crippen LogP contribution >= 0.6 is 0 Å². The minimum atomic E-state index is -0.362. The molecule has 1 unspecified atom stereocenters. The lowest BCUT2D eigenvalue weighted by atomic mass is 10.1. The first-order valence-corrected chi connectivity index (χ1v) is 8.36. The van der Waals surface area contributed by atoms with Crippen LogP contribution in [-0.4, -0.2) is 46.9 Å². The number of hydrogen-bond acceptors (Lipinski definition) is 6. The standard InChI is InChI=1S/C19H20N4O2/c1-19(13-24-9-10-25-19)12-21-18-15-6-2-3-7-16(15)22-17(23-18)14-5-4-8-20-11-14/h2-8,11H,9-10,12-13H2,1H3,(H,21,22,23). The molecule has 0 spiro atoms. The molecular formula is C19H20N4O2. The summed E-state index contributed by atoms with van der Waals surface area (Å²) in [6.07, 6.45) is 3.51. The number of nitrogens with zero attached hydrogens (tertiary/aromatic N) is 3. The Morgan fingerprint density at radius 1 is 1.12 bits per heavy atom. The van der Waals surface area contributed by atoms with Crippen LogP contribution in [0.15, 0.2) is 48.8 Å². The smallest absolute Gasteiger partial charge is 0.163 e. The molecule has 4 rings (SSSR count). The van der Waals surface area contributed by atoms with E-state index in [9.17, 15) is 0 Å². The zero-order valence-corrected chi connectivity index (χ0v) is 14.1. The van der Waals surface area contributed by atoms with Crippen LogP contribution < -0.4 is 5.32 Å². The second kappa shape index (κ2) is 6.74. The van der Waals surface area contributed by atoms with Gasteiger partial charge in [-0.05, 0) is 31.2 Å². The lowest BCUT2D eigenvalue weighted by molar-refractivity contribution is -0.140. The van der Waals surface area contributed by atoms with Crippen molar-refractivity contribution in [1.82, 2.24) is 15.0 Å². The third-order valence-corrected chi connectivity index (χ3v) is 4.24. The van der Waals surface area contributed by atoms with Gasteiger partial charge < -0.3 is 14.8 Å². The Balaban J connectivity index is 1.69. The normalized spacial score (nSPS) is 20.5. The van der Waals surface area contributed by atoms with E-state index in [2.05, 4.69) is 15.3 Å². The van der Waals surface area contributed by atoms with E-state index < -0.39 is 0 Å². The summed E-state index contributed by atoms with van der Waals surface area (Å²) >= 11 is 0. The number of rotatable bonds is 4. The number of benzene rings is 1. The molecule has 1 atom stereocenters. The lowest BCUT2D eigenvalue weighted by Crippen LogP contribution is -2.46. The molecule has 1 fully saturated rings. The Kier molecular flexibility index (Phi) is 4.29. The van der Waals surface area contributed by atoms with E-state index in [1.54, 1.807) is 12.4 Å². The molecule has 3 heterocycles. The van der Waals surface area contributed by atoms with Crippen molar-refractivity contribution in [3.63, 3.8) is 0 Å². The molecule has 1 aromatic carbocycles. The second-order valence-electron chi connectivity index (χ2n) is 6.36. The van der Waals surface area contributed by atoms with E-state index in [-0.39, 0.29) is 5.60 Å². The summed E-state index contributed by atoms with van der Waals surface area (Å²) in [5.74, 6) is 1.44. The monoisotopic (exact) mass is 336 g/mol. The van der Waals surface area contributed by atoms with Crippen molar-refractivity contribution in [3.8, 4) is 11.4 Å². The van der Waals surface area contributed by atoms with Crippen molar-refractivity contribution < 1.29 is 9.47 Å². The number of anilines is 1. The van der Waals surface area contributed by atoms with Gasteiger partial charge in [0.2, 0.25) is 0 Å². The molecule has 128 valence electrons. The first-order valence-electron chi connectivity index (χ1n) is 8.36. The average Bonchev–Trinajstić information content (AvgIpc) is 2.67. The summed E-state index contributed by atoms with van der Waals surface area (Å²) in [5.41, 5.74) is 1.42. The Bertz CT molecular complexity index is 864. The van der Waals surface area contributed by atoms with Crippen LogP contribution in [0.2, 0.25) is 0 Å². The highest BCUT2D eigenvalue weighted by Crippen LogP contribution is 2.25. The fraction of sp³-hybridized carbons (Fsp3) is 0.316. The number of para-hydroxylation sites is 1. The van der Waals surface area contributed by atoms with E-state index in [4.69, 9.17) is 14.5 Å². The van der Waals surface area contributed by atoms with Crippen LogP contribution in [0.25, 0.3) is 22.3 Å². The van der Waals surface area contributed by atoms with E-state index in [1.807, 2.05) is 43.3 Å². The van der Waals surface area contributed by atoms with Gasteiger partial charge in [-0.25, -0.2) is 9.97 Å². The number of pyridine rings is 1. The zero-order valence-electron chi connectivity index (χ0n) is 14.1. The average molecular weight is 336 g/mol. The fourth-order valence-corrected chi connectivity index (χ4v) is 2.88. The summed E-state index contributed by atoms with van der Waals surface area (Å²) in [5, 5.41) is 4.41. The lowest BCUT2D eigenvalue weighted by Gasteiger charge is -2.34. The summed E-state index contributed by atoms with van der Waals surface area (Å²) in [7, 11) is 0. The van der Waals surface area contributed by atoms with Crippen LogP contribution in [0.3, 0.4) is 0 Å². The SMILES string of the molecule is CC1(CNc2nc(-c3cccnc3)nc3ccccc23)COCCO1. The van der Waals surface area contributed by atoms with Crippen molar-refractivity contribution in [2.24, 2.45) is 0 Å². The van der Waals surface area contributed by atoms with Gasteiger partial charge in [0, 0.05) is 29.9 Å². The van der Waals surface area contributed by atoms with Gasteiger partial charge in [0.05, 0.1) is 25.3 Å². The molecule has 3 aromatic rings. The first-order chi connectivity index (χ1) is 12.2. The largest absolute Gasteiger partial charge is 0.376 e. The third-order valence-electron chi connectivity index (χ3n) is 4.24. The Morgan fingerprint density at radius 3 is 2.84 bits per heavy atom. The molecule has 0 aliphatic carbocycles.